The van der Waals surface area contributed by atoms with Gasteiger partial charge < -0.3 is 9.32 Å². The molecule has 0 spiro atoms. The van der Waals surface area contributed by atoms with E-state index >= 15 is 0 Å². The standard InChI is InChI=1S/C16H20N2O2S/c1-12-11-21-16(17-12)14-6-2-3-9-18(14)15(19)8-7-13-5-4-10-20-13/h4-5,10-11,14H,2-3,6-9H2,1H3/t14-/m0/s1. The molecule has 5 heteroatoms. The number of likely N-dealkylation sites (tertiary alicyclic amines) is 1. The molecule has 3 heterocycles. The van der Waals surface area contributed by atoms with Crippen LogP contribution >= 0.6 is 11.3 Å². The van der Waals surface area contributed by atoms with E-state index in [2.05, 4.69) is 10.4 Å². The van der Waals surface area contributed by atoms with Crippen LogP contribution in [-0.4, -0.2) is 22.3 Å². The fourth-order valence-electron chi connectivity index (χ4n) is 2.84. The van der Waals surface area contributed by atoms with Crippen LogP contribution in [0.25, 0.3) is 0 Å². The maximum Gasteiger partial charge on any atom is 0.223 e. The lowest BCUT2D eigenvalue weighted by Crippen LogP contribution is -2.38. The molecule has 1 amide bonds. The molecule has 1 atom stereocenters. The zero-order valence-electron chi connectivity index (χ0n) is 12.2. The predicted octanol–water partition coefficient (Wildman–Crippen LogP) is 3.73. The lowest BCUT2D eigenvalue weighted by atomic mass is 10.0. The summed E-state index contributed by atoms with van der Waals surface area (Å²) in [7, 11) is 0. The number of hydrogen-bond donors (Lipinski definition) is 0. The number of thiazole rings is 1. The van der Waals surface area contributed by atoms with Gasteiger partial charge in [0.15, 0.2) is 0 Å². The summed E-state index contributed by atoms with van der Waals surface area (Å²) in [6.07, 6.45) is 6.13. The third-order valence-electron chi connectivity index (χ3n) is 3.91. The first-order chi connectivity index (χ1) is 10.2. The van der Waals surface area contributed by atoms with E-state index in [1.54, 1.807) is 17.6 Å². The lowest BCUT2D eigenvalue weighted by molar-refractivity contribution is -0.135. The SMILES string of the molecule is Cc1csc([C@@H]2CCCCN2C(=O)CCc2ccco2)n1. The van der Waals surface area contributed by atoms with Gasteiger partial charge in [-0.1, -0.05) is 0 Å². The van der Waals surface area contributed by atoms with Crippen LogP contribution in [0.3, 0.4) is 0 Å². The van der Waals surface area contributed by atoms with Gasteiger partial charge in [0.05, 0.1) is 12.3 Å². The van der Waals surface area contributed by atoms with Crippen molar-refractivity contribution in [1.82, 2.24) is 9.88 Å². The zero-order chi connectivity index (χ0) is 14.7. The van der Waals surface area contributed by atoms with Crippen LogP contribution in [0.4, 0.5) is 0 Å². The highest BCUT2D eigenvalue weighted by Gasteiger charge is 2.29. The van der Waals surface area contributed by atoms with Gasteiger partial charge in [0, 0.05) is 30.5 Å². The molecule has 2 aromatic rings. The molecule has 0 aliphatic carbocycles. The molecule has 0 unspecified atom stereocenters. The summed E-state index contributed by atoms with van der Waals surface area (Å²) in [5.41, 5.74) is 1.04. The molecule has 0 radical (unpaired) electrons. The first-order valence-corrected chi connectivity index (χ1v) is 8.36. The molecule has 1 saturated heterocycles. The van der Waals surface area contributed by atoms with Crippen molar-refractivity contribution in [3.63, 3.8) is 0 Å². The molecule has 0 bridgehead atoms. The Morgan fingerprint density at radius 1 is 1.52 bits per heavy atom. The summed E-state index contributed by atoms with van der Waals surface area (Å²) in [5, 5.41) is 3.15. The first-order valence-electron chi connectivity index (χ1n) is 7.48. The number of hydrogen-bond acceptors (Lipinski definition) is 4. The van der Waals surface area contributed by atoms with E-state index in [4.69, 9.17) is 4.42 Å². The summed E-state index contributed by atoms with van der Waals surface area (Å²) in [6.45, 7) is 2.85. The lowest BCUT2D eigenvalue weighted by Gasteiger charge is -2.34. The molecule has 1 aliphatic rings. The Labute approximate surface area is 128 Å². The van der Waals surface area contributed by atoms with Crippen LogP contribution in [0.5, 0.6) is 0 Å². The number of aromatic nitrogens is 1. The third kappa shape index (κ3) is 3.35. The maximum atomic E-state index is 12.5. The highest BCUT2D eigenvalue weighted by Crippen LogP contribution is 2.33. The van der Waals surface area contributed by atoms with E-state index in [0.29, 0.717) is 12.8 Å². The van der Waals surface area contributed by atoms with Crippen LogP contribution in [0.2, 0.25) is 0 Å². The first kappa shape index (κ1) is 14.3. The largest absolute Gasteiger partial charge is 0.469 e. The third-order valence-corrected chi connectivity index (χ3v) is 4.97. The van der Waals surface area contributed by atoms with E-state index in [0.717, 1.165) is 35.8 Å². The number of furan rings is 1. The Bertz CT molecular complexity index is 591. The van der Waals surface area contributed by atoms with Crippen molar-refractivity contribution in [1.29, 1.82) is 0 Å². The minimum atomic E-state index is 0.168. The average Bonchev–Trinajstić information content (AvgIpc) is 3.16. The van der Waals surface area contributed by atoms with Crippen LogP contribution in [-0.2, 0) is 11.2 Å². The minimum absolute atomic E-state index is 0.168. The van der Waals surface area contributed by atoms with E-state index in [1.165, 1.54) is 6.42 Å². The van der Waals surface area contributed by atoms with Gasteiger partial charge in [-0.25, -0.2) is 4.98 Å². The fourth-order valence-corrected chi connectivity index (χ4v) is 3.78. The van der Waals surface area contributed by atoms with Crippen molar-refractivity contribution in [2.45, 2.75) is 45.1 Å². The molecule has 2 aromatic heterocycles. The van der Waals surface area contributed by atoms with Crippen molar-refractivity contribution in [2.24, 2.45) is 0 Å². The highest BCUT2D eigenvalue weighted by atomic mass is 32.1. The van der Waals surface area contributed by atoms with Crippen LogP contribution in [0.15, 0.2) is 28.2 Å². The van der Waals surface area contributed by atoms with Gasteiger partial charge >= 0.3 is 0 Å². The van der Waals surface area contributed by atoms with E-state index in [9.17, 15) is 4.79 Å². The molecule has 1 fully saturated rings. The number of carbonyl (C=O) groups is 1. The summed E-state index contributed by atoms with van der Waals surface area (Å²) in [4.78, 5) is 19.1. The fraction of sp³-hybridized carbons (Fsp3) is 0.500. The van der Waals surface area contributed by atoms with Crippen molar-refractivity contribution >= 4 is 17.2 Å². The number of nitrogens with zero attached hydrogens (tertiary/aromatic N) is 2. The number of aryl methyl sites for hydroxylation is 2. The summed E-state index contributed by atoms with van der Waals surface area (Å²) >= 11 is 1.67. The summed E-state index contributed by atoms with van der Waals surface area (Å²) in [5.74, 6) is 1.09. The Balaban J connectivity index is 1.67. The monoisotopic (exact) mass is 304 g/mol. The second-order valence-corrected chi connectivity index (χ2v) is 6.39. The molecule has 21 heavy (non-hydrogen) atoms. The van der Waals surface area contributed by atoms with Crippen molar-refractivity contribution in [3.05, 3.63) is 40.2 Å². The maximum absolute atomic E-state index is 12.5. The molecule has 4 nitrogen and oxygen atoms in total. The van der Waals surface area contributed by atoms with Gasteiger partial charge in [-0.05, 0) is 38.3 Å². The molecule has 1 aliphatic heterocycles. The molecular formula is C16H20N2O2S. The molecule has 0 saturated carbocycles. The Morgan fingerprint density at radius 3 is 3.14 bits per heavy atom. The minimum Gasteiger partial charge on any atom is -0.469 e. The molecule has 3 rings (SSSR count). The highest BCUT2D eigenvalue weighted by molar-refractivity contribution is 7.09. The van der Waals surface area contributed by atoms with Crippen molar-refractivity contribution < 1.29 is 9.21 Å². The number of amides is 1. The van der Waals surface area contributed by atoms with E-state index in [-0.39, 0.29) is 11.9 Å². The Morgan fingerprint density at radius 2 is 2.43 bits per heavy atom. The van der Waals surface area contributed by atoms with Crippen LogP contribution in [0, 0.1) is 6.92 Å². The van der Waals surface area contributed by atoms with Gasteiger partial charge in [0.1, 0.15) is 10.8 Å². The van der Waals surface area contributed by atoms with Crippen LogP contribution in [0.1, 0.15) is 48.2 Å². The van der Waals surface area contributed by atoms with Gasteiger partial charge in [-0.2, -0.15) is 0 Å². The molecule has 0 N–H and O–H groups in total. The normalized spacial score (nSPS) is 18.9. The van der Waals surface area contributed by atoms with Crippen molar-refractivity contribution in [2.75, 3.05) is 6.54 Å². The second-order valence-electron chi connectivity index (χ2n) is 5.51. The molecular weight excluding hydrogens is 284 g/mol. The summed E-state index contributed by atoms with van der Waals surface area (Å²) in [6, 6.07) is 3.95. The molecule has 0 aromatic carbocycles. The number of rotatable bonds is 4. The van der Waals surface area contributed by atoms with Gasteiger partial charge in [-0.3, -0.25) is 4.79 Å². The predicted molar refractivity (Wildman–Crippen MR) is 82.2 cm³/mol. The van der Waals surface area contributed by atoms with E-state index < -0.39 is 0 Å². The second kappa shape index (κ2) is 6.43. The van der Waals surface area contributed by atoms with E-state index in [1.807, 2.05) is 24.0 Å². The van der Waals surface area contributed by atoms with Gasteiger partial charge in [-0.15, -0.1) is 11.3 Å². The summed E-state index contributed by atoms with van der Waals surface area (Å²) < 4.78 is 5.31. The molecule has 112 valence electrons. The Kier molecular flexibility index (Phi) is 4.39. The quantitative estimate of drug-likeness (QED) is 0.864. The topological polar surface area (TPSA) is 46.3 Å². The number of carbonyl (C=O) groups excluding carboxylic acids is 1. The number of piperidine rings is 1. The smallest absolute Gasteiger partial charge is 0.223 e. The Hall–Kier alpha value is -1.62. The average molecular weight is 304 g/mol. The van der Waals surface area contributed by atoms with Gasteiger partial charge in [0.2, 0.25) is 5.91 Å². The zero-order valence-corrected chi connectivity index (χ0v) is 13.1. The van der Waals surface area contributed by atoms with Crippen LogP contribution < -0.4 is 0 Å². The van der Waals surface area contributed by atoms with Gasteiger partial charge in [0.25, 0.3) is 0 Å². The van der Waals surface area contributed by atoms with Crippen molar-refractivity contribution in [3.8, 4) is 0 Å².